The van der Waals surface area contributed by atoms with Crippen LogP contribution in [0, 0.1) is 17.8 Å². The van der Waals surface area contributed by atoms with Crippen LogP contribution in [0.5, 0.6) is 5.75 Å². The third-order valence-electron chi connectivity index (χ3n) is 2.89. The van der Waals surface area contributed by atoms with Crippen molar-refractivity contribution in [2.45, 2.75) is 26.1 Å². The zero-order valence-electron chi connectivity index (χ0n) is 9.16. The minimum atomic E-state index is 0.496. The second-order valence-electron chi connectivity index (χ2n) is 4.31. The molecule has 0 amide bonds. The van der Waals surface area contributed by atoms with E-state index in [0.717, 1.165) is 12.4 Å². The Morgan fingerprint density at radius 3 is 3.00 bits per heavy atom. The van der Waals surface area contributed by atoms with Gasteiger partial charge in [0.1, 0.15) is 12.4 Å². The lowest BCUT2D eigenvalue weighted by Crippen LogP contribution is -1.95. The van der Waals surface area contributed by atoms with E-state index in [4.69, 9.17) is 9.47 Å². The molecule has 1 saturated carbocycles. The predicted octanol–water partition coefficient (Wildman–Crippen LogP) is 2.51. The van der Waals surface area contributed by atoms with Gasteiger partial charge in [0.15, 0.2) is 0 Å². The Bertz CT molecular complexity index is 450. The van der Waals surface area contributed by atoms with Crippen molar-refractivity contribution < 1.29 is 9.47 Å². The second-order valence-corrected chi connectivity index (χ2v) is 4.31. The molecule has 1 fully saturated rings. The molecule has 0 N–H and O–H groups in total. The van der Waals surface area contributed by atoms with Crippen LogP contribution in [0.3, 0.4) is 0 Å². The lowest BCUT2D eigenvalue weighted by molar-refractivity contribution is 0.134. The van der Waals surface area contributed by atoms with Crippen LogP contribution < -0.4 is 4.74 Å². The van der Waals surface area contributed by atoms with Gasteiger partial charge in [-0.2, -0.15) is 0 Å². The van der Waals surface area contributed by atoms with Crippen LogP contribution >= 0.6 is 0 Å². The maximum Gasteiger partial charge on any atom is 0.149 e. The second kappa shape index (κ2) is 4.19. The Kier molecular flexibility index (Phi) is 2.55. The number of fused-ring (bicyclic) bond motifs is 1. The average molecular weight is 214 g/mol. The normalized spacial score (nSPS) is 17.5. The minimum Gasteiger partial charge on any atom is -0.481 e. The Morgan fingerprint density at radius 1 is 1.25 bits per heavy atom. The molecule has 16 heavy (non-hydrogen) atoms. The van der Waals surface area contributed by atoms with Gasteiger partial charge in [-0.15, -0.1) is 0 Å². The summed E-state index contributed by atoms with van der Waals surface area (Å²) in [6, 6.07) is 6.12. The van der Waals surface area contributed by atoms with Crippen molar-refractivity contribution in [3.8, 4) is 17.6 Å². The number of ether oxygens (including phenoxy) is 2. The Labute approximate surface area is 95.6 Å². The van der Waals surface area contributed by atoms with Crippen LogP contribution in [0.15, 0.2) is 18.2 Å². The van der Waals surface area contributed by atoms with Gasteiger partial charge in [0, 0.05) is 5.92 Å². The molecule has 2 aliphatic rings. The maximum absolute atomic E-state index is 5.58. The van der Waals surface area contributed by atoms with Crippen molar-refractivity contribution in [1.29, 1.82) is 0 Å². The zero-order valence-corrected chi connectivity index (χ0v) is 9.16. The first-order valence-electron chi connectivity index (χ1n) is 5.72. The lowest BCUT2D eigenvalue weighted by Gasteiger charge is -2.03. The molecule has 0 bridgehead atoms. The minimum absolute atomic E-state index is 0.496. The molecule has 0 saturated heterocycles. The van der Waals surface area contributed by atoms with Gasteiger partial charge in [-0.3, -0.25) is 0 Å². The van der Waals surface area contributed by atoms with Crippen LogP contribution in [0.4, 0.5) is 0 Å². The molecule has 1 aliphatic carbocycles. The standard InChI is InChI=1S/C14H14O2/c1(2-11-3-4-11)7-16-14-6-5-12-9-15-10-13(12)8-14/h5-6,8,11H,3-4,7,9-10H2. The highest BCUT2D eigenvalue weighted by molar-refractivity contribution is 5.36. The number of hydrogen-bond donors (Lipinski definition) is 0. The van der Waals surface area contributed by atoms with Crippen molar-refractivity contribution in [2.75, 3.05) is 6.61 Å². The van der Waals surface area contributed by atoms with Gasteiger partial charge in [-0.05, 0) is 36.1 Å². The number of hydrogen-bond acceptors (Lipinski definition) is 2. The molecule has 1 aromatic carbocycles. The SMILES string of the molecule is C(#CC1CC1)COc1ccc2c(c1)COC2. The number of benzene rings is 1. The van der Waals surface area contributed by atoms with Gasteiger partial charge in [0.05, 0.1) is 13.2 Å². The fourth-order valence-electron chi connectivity index (χ4n) is 1.77. The van der Waals surface area contributed by atoms with Gasteiger partial charge in [0.25, 0.3) is 0 Å². The van der Waals surface area contributed by atoms with E-state index in [-0.39, 0.29) is 0 Å². The Hall–Kier alpha value is -1.46. The van der Waals surface area contributed by atoms with Crippen LogP contribution in [0.2, 0.25) is 0 Å². The highest BCUT2D eigenvalue weighted by Crippen LogP contribution is 2.27. The smallest absolute Gasteiger partial charge is 0.149 e. The van der Waals surface area contributed by atoms with E-state index < -0.39 is 0 Å². The molecule has 0 aromatic heterocycles. The van der Waals surface area contributed by atoms with E-state index in [2.05, 4.69) is 24.0 Å². The molecule has 82 valence electrons. The van der Waals surface area contributed by atoms with E-state index in [9.17, 15) is 0 Å². The summed E-state index contributed by atoms with van der Waals surface area (Å²) in [6.45, 7) is 1.94. The number of rotatable bonds is 2. The van der Waals surface area contributed by atoms with Crippen molar-refractivity contribution in [3.63, 3.8) is 0 Å². The summed E-state index contributed by atoms with van der Waals surface area (Å²) < 4.78 is 10.9. The van der Waals surface area contributed by atoms with Gasteiger partial charge in [-0.1, -0.05) is 17.9 Å². The summed E-state index contributed by atoms with van der Waals surface area (Å²) in [5.74, 6) is 7.79. The van der Waals surface area contributed by atoms with Crippen molar-refractivity contribution in [2.24, 2.45) is 5.92 Å². The summed E-state index contributed by atoms with van der Waals surface area (Å²) in [6.07, 6.45) is 2.53. The lowest BCUT2D eigenvalue weighted by atomic mass is 10.1. The molecule has 1 heterocycles. The third-order valence-corrected chi connectivity index (χ3v) is 2.89. The molecule has 2 heteroatoms. The zero-order chi connectivity index (χ0) is 10.8. The molecule has 1 aromatic rings. The van der Waals surface area contributed by atoms with Crippen LogP contribution in [0.25, 0.3) is 0 Å². The summed E-state index contributed by atoms with van der Waals surface area (Å²) >= 11 is 0. The molecule has 0 atom stereocenters. The third kappa shape index (κ3) is 2.20. The van der Waals surface area contributed by atoms with Gasteiger partial charge >= 0.3 is 0 Å². The molecular formula is C14H14O2. The van der Waals surface area contributed by atoms with Crippen molar-refractivity contribution in [3.05, 3.63) is 29.3 Å². The maximum atomic E-state index is 5.58. The van der Waals surface area contributed by atoms with Crippen molar-refractivity contribution in [1.82, 2.24) is 0 Å². The van der Waals surface area contributed by atoms with Crippen LogP contribution in [0.1, 0.15) is 24.0 Å². The molecular weight excluding hydrogens is 200 g/mol. The Morgan fingerprint density at radius 2 is 2.12 bits per heavy atom. The van der Waals surface area contributed by atoms with Crippen LogP contribution in [-0.4, -0.2) is 6.61 Å². The van der Waals surface area contributed by atoms with E-state index in [1.807, 2.05) is 6.07 Å². The topological polar surface area (TPSA) is 18.5 Å². The average Bonchev–Trinajstić information content (AvgIpc) is 3.01. The van der Waals surface area contributed by atoms with Crippen LogP contribution in [-0.2, 0) is 18.0 Å². The van der Waals surface area contributed by atoms with E-state index in [1.54, 1.807) is 0 Å². The van der Waals surface area contributed by atoms with Gasteiger partial charge in [0.2, 0.25) is 0 Å². The summed E-state index contributed by atoms with van der Waals surface area (Å²) in [7, 11) is 0. The fourth-order valence-corrected chi connectivity index (χ4v) is 1.77. The highest BCUT2D eigenvalue weighted by Gasteiger charge is 2.17. The largest absolute Gasteiger partial charge is 0.481 e. The molecule has 0 unspecified atom stereocenters. The predicted molar refractivity (Wildman–Crippen MR) is 60.9 cm³/mol. The monoisotopic (exact) mass is 214 g/mol. The molecule has 3 rings (SSSR count). The first-order valence-corrected chi connectivity index (χ1v) is 5.72. The summed E-state index contributed by atoms with van der Waals surface area (Å²) in [5.41, 5.74) is 2.52. The fraction of sp³-hybridized carbons (Fsp3) is 0.429. The van der Waals surface area contributed by atoms with Gasteiger partial charge < -0.3 is 9.47 Å². The quantitative estimate of drug-likeness (QED) is 0.704. The molecule has 1 aliphatic heterocycles. The molecule has 0 spiro atoms. The molecule has 0 radical (unpaired) electrons. The van der Waals surface area contributed by atoms with E-state index >= 15 is 0 Å². The molecule has 2 nitrogen and oxygen atoms in total. The highest BCUT2D eigenvalue weighted by atomic mass is 16.5. The Balaban J connectivity index is 1.60. The van der Waals surface area contributed by atoms with E-state index in [0.29, 0.717) is 19.1 Å². The summed E-state index contributed by atoms with van der Waals surface area (Å²) in [5, 5.41) is 0. The van der Waals surface area contributed by atoms with Crippen molar-refractivity contribution >= 4 is 0 Å². The first kappa shape index (κ1) is 9.74. The van der Waals surface area contributed by atoms with E-state index in [1.165, 1.54) is 24.0 Å². The first-order chi connectivity index (χ1) is 7.92. The van der Waals surface area contributed by atoms with Gasteiger partial charge in [-0.25, -0.2) is 0 Å². The summed E-state index contributed by atoms with van der Waals surface area (Å²) in [4.78, 5) is 0.